The topological polar surface area (TPSA) is 79.0 Å². The van der Waals surface area contributed by atoms with Crippen LogP contribution in [0.3, 0.4) is 0 Å². The van der Waals surface area contributed by atoms with Crippen LogP contribution in [-0.4, -0.2) is 47.3 Å². The quantitative estimate of drug-likeness (QED) is 0.742. The van der Waals surface area contributed by atoms with Crippen molar-refractivity contribution in [3.63, 3.8) is 0 Å². The van der Waals surface area contributed by atoms with E-state index in [1.807, 2.05) is 13.0 Å². The number of carbonyl (C=O) groups is 3. The van der Waals surface area contributed by atoms with E-state index in [0.29, 0.717) is 23.5 Å². The Morgan fingerprint density at radius 1 is 1.10 bits per heavy atom. The van der Waals surface area contributed by atoms with Crippen LogP contribution in [0, 0.1) is 5.82 Å². The van der Waals surface area contributed by atoms with Gasteiger partial charge in [-0.3, -0.25) is 14.5 Å². The molecule has 1 saturated heterocycles. The van der Waals surface area contributed by atoms with Gasteiger partial charge in [0.2, 0.25) is 0 Å². The van der Waals surface area contributed by atoms with Crippen molar-refractivity contribution in [1.82, 2.24) is 15.1 Å². The standard InChI is InChI=1S/C22H22FN3O4/c1-3-26-20(28)22(24-21(26)29,15-5-7-16(23)8-6-15)13-25-12-14-11-17(30-4-2)9-10-18(14)19(25)27/h5-11H,3-4,12-13H2,1-2H3,(H,24,29). The predicted octanol–water partition coefficient (Wildman–Crippen LogP) is 2.65. The van der Waals surface area contributed by atoms with Gasteiger partial charge in [0.25, 0.3) is 11.8 Å². The number of likely N-dealkylation sites (N-methyl/N-ethyl adjacent to an activating group) is 1. The summed E-state index contributed by atoms with van der Waals surface area (Å²) >= 11 is 0. The number of imide groups is 1. The highest BCUT2D eigenvalue weighted by molar-refractivity contribution is 6.08. The third-order valence-electron chi connectivity index (χ3n) is 5.52. The summed E-state index contributed by atoms with van der Waals surface area (Å²) in [5, 5.41) is 2.76. The van der Waals surface area contributed by atoms with Gasteiger partial charge in [0.05, 0.1) is 13.2 Å². The number of carbonyl (C=O) groups excluding carboxylic acids is 3. The summed E-state index contributed by atoms with van der Waals surface area (Å²) in [5.41, 5.74) is 0.291. The molecular weight excluding hydrogens is 389 g/mol. The lowest BCUT2D eigenvalue weighted by Crippen LogP contribution is -2.52. The average Bonchev–Trinajstić information content (AvgIpc) is 3.16. The van der Waals surface area contributed by atoms with Crippen molar-refractivity contribution in [3.05, 3.63) is 65.0 Å². The van der Waals surface area contributed by atoms with Crippen molar-refractivity contribution < 1.29 is 23.5 Å². The molecule has 1 fully saturated rings. The van der Waals surface area contributed by atoms with Gasteiger partial charge < -0.3 is 15.0 Å². The molecule has 0 aromatic heterocycles. The highest BCUT2D eigenvalue weighted by Crippen LogP contribution is 2.34. The zero-order valence-corrected chi connectivity index (χ0v) is 16.8. The van der Waals surface area contributed by atoms with Gasteiger partial charge >= 0.3 is 6.03 Å². The van der Waals surface area contributed by atoms with Gasteiger partial charge in [-0.1, -0.05) is 12.1 Å². The number of hydrogen-bond acceptors (Lipinski definition) is 4. The lowest BCUT2D eigenvalue weighted by molar-refractivity contribution is -0.132. The van der Waals surface area contributed by atoms with E-state index in [2.05, 4.69) is 5.32 Å². The third-order valence-corrected chi connectivity index (χ3v) is 5.52. The summed E-state index contributed by atoms with van der Waals surface area (Å²) in [5.74, 6) is -0.473. The van der Waals surface area contributed by atoms with E-state index in [-0.39, 0.29) is 25.5 Å². The maximum absolute atomic E-state index is 13.5. The largest absolute Gasteiger partial charge is 0.494 e. The molecule has 30 heavy (non-hydrogen) atoms. The maximum atomic E-state index is 13.5. The molecule has 2 heterocycles. The number of urea groups is 1. The SMILES string of the molecule is CCOc1ccc2c(c1)CN(CC1(c3ccc(F)cc3)NC(=O)N(CC)C1=O)C2=O. The minimum atomic E-state index is -1.47. The van der Waals surface area contributed by atoms with Crippen LogP contribution in [-0.2, 0) is 16.9 Å². The molecule has 2 aliphatic heterocycles. The summed E-state index contributed by atoms with van der Waals surface area (Å²) in [6.07, 6.45) is 0. The van der Waals surface area contributed by atoms with Crippen LogP contribution in [0.5, 0.6) is 5.75 Å². The molecule has 1 N–H and O–H groups in total. The fourth-order valence-corrected chi connectivity index (χ4v) is 4.07. The minimum Gasteiger partial charge on any atom is -0.494 e. The molecular formula is C22H22FN3O4. The summed E-state index contributed by atoms with van der Waals surface area (Å²) in [4.78, 5) is 41.4. The number of ether oxygens (including phenoxy) is 1. The van der Waals surface area contributed by atoms with Gasteiger partial charge in [-0.05, 0) is 55.3 Å². The summed E-state index contributed by atoms with van der Waals surface area (Å²) in [7, 11) is 0. The van der Waals surface area contributed by atoms with E-state index in [4.69, 9.17) is 4.74 Å². The second kappa shape index (κ2) is 7.44. The predicted molar refractivity (Wildman–Crippen MR) is 106 cm³/mol. The molecule has 1 atom stereocenters. The Bertz CT molecular complexity index is 1020. The first-order chi connectivity index (χ1) is 14.4. The van der Waals surface area contributed by atoms with E-state index in [1.54, 1.807) is 19.1 Å². The first-order valence-electron chi connectivity index (χ1n) is 9.84. The van der Waals surface area contributed by atoms with Crippen molar-refractivity contribution in [1.29, 1.82) is 0 Å². The number of benzene rings is 2. The number of fused-ring (bicyclic) bond motifs is 1. The normalized spacial score (nSPS) is 20.6. The van der Waals surface area contributed by atoms with Crippen molar-refractivity contribution in [2.75, 3.05) is 19.7 Å². The number of amides is 4. The summed E-state index contributed by atoms with van der Waals surface area (Å²) < 4.78 is 19.0. The average molecular weight is 411 g/mol. The van der Waals surface area contributed by atoms with Gasteiger partial charge in [0.1, 0.15) is 11.6 Å². The molecule has 156 valence electrons. The van der Waals surface area contributed by atoms with Gasteiger partial charge in [0, 0.05) is 18.7 Å². The third kappa shape index (κ3) is 3.08. The van der Waals surface area contributed by atoms with Crippen molar-refractivity contribution in [2.24, 2.45) is 0 Å². The first-order valence-corrected chi connectivity index (χ1v) is 9.84. The Morgan fingerprint density at radius 2 is 1.83 bits per heavy atom. The minimum absolute atomic E-state index is 0.0583. The molecule has 2 aromatic carbocycles. The number of hydrogen-bond donors (Lipinski definition) is 1. The lowest BCUT2D eigenvalue weighted by Gasteiger charge is -2.31. The molecule has 2 aromatic rings. The Kier molecular flexibility index (Phi) is 4.93. The van der Waals surface area contributed by atoms with Gasteiger partial charge in [-0.15, -0.1) is 0 Å². The van der Waals surface area contributed by atoms with Crippen LogP contribution >= 0.6 is 0 Å². The fourth-order valence-electron chi connectivity index (χ4n) is 4.07. The molecule has 4 rings (SSSR count). The first kappa shape index (κ1) is 19.9. The molecule has 2 aliphatic rings. The van der Waals surface area contributed by atoms with Crippen LogP contribution in [0.4, 0.5) is 9.18 Å². The van der Waals surface area contributed by atoms with Crippen LogP contribution in [0.2, 0.25) is 0 Å². The van der Waals surface area contributed by atoms with Crippen LogP contribution in [0.15, 0.2) is 42.5 Å². The molecule has 7 nitrogen and oxygen atoms in total. The van der Waals surface area contributed by atoms with E-state index < -0.39 is 23.3 Å². The molecule has 0 radical (unpaired) electrons. The number of nitrogens with zero attached hydrogens (tertiary/aromatic N) is 2. The molecule has 4 amide bonds. The molecule has 0 spiro atoms. The molecule has 0 aliphatic carbocycles. The van der Waals surface area contributed by atoms with E-state index in [9.17, 15) is 18.8 Å². The highest BCUT2D eigenvalue weighted by atomic mass is 19.1. The Labute approximate surface area is 173 Å². The second-order valence-electron chi connectivity index (χ2n) is 7.30. The number of rotatable bonds is 6. The van der Waals surface area contributed by atoms with Gasteiger partial charge in [-0.2, -0.15) is 0 Å². The molecule has 0 saturated carbocycles. The highest BCUT2D eigenvalue weighted by Gasteiger charge is 2.54. The zero-order valence-electron chi connectivity index (χ0n) is 16.8. The Hall–Kier alpha value is -3.42. The molecule has 1 unspecified atom stereocenters. The van der Waals surface area contributed by atoms with Crippen molar-refractivity contribution >= 4 is 17.8 Å². The zero-order chi connectivity index (χ0) is 21.5. The van der Waals surface area contributed by atoms with Crippen molar-refractivity contribution in [2.45, 2.75) is 25.9 Å². The maximum Gasteiger partial charge on any atom is 0.325 e. The summed E-state index contributed by atoms with van der Waals surface area (Å²) in [6, 6.07) is 10.1. The number of halogens is 1. The Balaban J connectivity index is 1.70. The Morgan fingerprint density at radius 3 is 2.47 bits per heavy atom. The van der Waals surface area contributed by atoms with Crippen LogP contribution in [0.1, 0.15) is 35.3 Å². The molecule has 8 heteroatoms. The van der Waals surface area contributed by atoms with E-state index in [1.165, 1.54) is 29.2 Å². The summed E-state index contributed by atoms with van der Waals surface area (Å²) in [6.45, 7) is 4.51. The number of nitrogens with one attached hydrogen (secondary N) is 1. The van der Waals surface area contributed by atoms with Gasteiger partial charge in [-0.25, -0.2) is 9.18 Å². The van der Waals surface area contributed by atoms with Crippen LogP contribution in [0.25, 0.3) is 0 Å². The van der Waals surface area contributed by atoms with Gasteiger partial charge in [0.15, 0.2) is 5.54 Å². The van der Waals surface area contributed by atoms with E-state index in [0.717, 1.165) is 10.5 Å². The lowest BCUT2D eigenvalue weighted by atomic mass is 9.89. The second-order valence-corrected chi connectivity index (χ2v) is 7.30. The fraction of sp³-hybridized carbons (Fsp3) is 0.318. The molecule has 0 bridgehead atoms. The van der Waals surface area contributed by atoms with Crippen LogP contribution < -0.4 is 10.1 Å². The van der Waals surface area contributed by atoms with Crippen molar-refractivity contribution in [3.8, 4) is 5.75 Å². The van der Waals surface area contributed by atoms with E-state index >= 15 is 0 Å². The monoisotopic (exact) mass is 411 g/mol. The smallest absolute Gasteiger partial charge is 0.325 e.